The molecule has 3 rings (SSSR count). The SMILES string of the molecule is Cc1cccc(-c2ncn(/C=C\C(=O)OC3CN(C(=O)OC(C)(C)C)C3)n2)c1. The molecule has 148 valence electrons. The lowest BCUT2D eigenvalue weighted by Crippen LogP contribution is -2.56. The number of aryl methyl sites for hydroxylation is 1. The zero-order valence-electron chi connectivity index (χ0n) is 16.5. The number of hydrogen-bond donors (Lipinski definition) is 0. The third-order valence-corrected chi connectivity index (χ3v) is 3.93. The van der Waals surface area contributed by atoms with E-state index in [2.05, 4.69) is 10.1 Å². The quantitative estimate of drug-likeness (QED) is 0.595. The Morgan fingerprint density at radius 1 is 1.25 bits per heavy atom. The lowest BCUT2D eigenvalue weighted by atomic mass is 10.1. The Hall–Kier alpha value is -3.16. The maximum atomic E-state index is 11.9. The van der Waals surface area contributed by atoms with Crippen LogP contribution in [0.1, 0.15) is 26.3 Å². The average molecular weight is 384 g/mol. The Morgan fingerprint density at radius 3 is 2.68 bits per heavy atom. The molecule has 28 heavy (non-hydrogen) atoms. The fraction of sp³-hybridized carbons (Fsp3) is 0.400. The molecule has 0 spiro atoms. The van der Waals surface area contributed by atoms with E-state index < -0.39 is 17.7 Å². The Labute approximate surface area is 163 Å². The molecule has 0 N–H and O–H groups in total. The fourth-order valence-corrected chi connectivity index (χ4v) is 2.59. The van der Waals surface area contributed by atoms with E-state index in [1.807, 2.05) is 52.0 Å². The number of benzene rings is 1. The largest absolute Gasteiger partial charge is 0.455 e. The molecule has 2 aromatic rings. The van der Waals surface area contributed by atoms with Crippen LogP contribution in [0.4, 0.5) is 4.79 Å². The molecule has 8 nitrogen and oxygen atoms in total. The van der Waals surface area contributed by atoms with E-state index in [1.165, 1.54) is 28.2 Å². The first-order valence-corrected chi connectivity index (χ1v) is 9.04. The summed E-state index contributed by atoms with van der Waals surface area (Å²) in [6.45, 7) is 8.08. The summed E-state index contributed by atoms with van der Waals surface area (Å²) >= 11 is 0. The summed E-state index contributed by atoms with van der Waals surface area (Å²) in [5, 5.41) is 4.32. The molecule has 1 aromatic heterocycles. The number of carbonyl (C=O) groups excluding carboxylic acids is 2. The van der Waals surface area contributed by atoms with Crippen molar-refractivity contribution in [1.29, 1.82) is 0 Å². The smallest absolute Gasteiger partial charge is 0.410 e. The normalized spacial score (nSPS) is 14.8. The first-order valence-electron chi connectivity index (χ1n) is 9.04. The van der Waals surface area contributed by atoms with Crippen molar-refractivity contribution in [3.8, 4) is 11.4 Å². The van der Waals surface area contributed by atoms with Crippen LogP contribution in [0.3, 0.4) is 0 Å². The molecular formula is C20H24N4O4. The van der Waals surface area contributed by atoms with E-state index in [-0.39, 0.29) is 6.10 Å². The first kappa shape index (κ1) is 19.6. The molecule has 8 heteroatoms. The predicted octanol–water partition coefficient (Wildman–Crippen LogP) is 2.89. The van der Waals surface area contributed by atoms with E-state index in [9.17, 15) is 9.59 Å². The second-order valence-corrected chi connectivity index (χ2v) is 7.68. The number of carbonyl (C=O) groups is 2. The molecule has 0 atom stereocenters. The van der Waals surface area contributed by atoms with Gasteiger partial charge < -0.3 is 14.4 Å². The Balaban J connectivity index is 1.47. The van der Waals surface area contributed by atoms with Crippen LogP contribution < -0.4 is 0 Å². The summed E-state index contributed by atoms with van der Waals surface area (Å²) in [6.07, 6.45) is 3.56. The van der Waals surface area contributed by atoms with Gasteiger partial charge >= 0.3 is 12.1 Å². The van der Waals surface area contributed by atoms with Crippen molar-refractivity contribution < 1.29 is 19.1 Å². The minimum absolute atomic E-state index is 0.329. The third kappa shape index (κ3) is 5.18. The molecule has 1 amide bonds. The van der Waals surface area contributed by atoms with Crippen LogP contribution in [-0.2, 0) is 14.3 Å². The highest BCUT2D eigenvalue weighted by Crippen LogP contribution is 2.18. The molecule has 1 aliphatic rings. The Kier molecular flexibility index (Phi) is 5.48. The van der Waals surface area contributed by atoms with Gasteiger partial charge in [0.05, 0.1) is 13.1 Å². The third-order valence-electron chi connectivity index (χ3n) is 3.93. The van der Waals surface area contributed by atoms with Gasteiger partial charge in [-0.3, -0.25) is 0 Å². The summed E-state index contributed by atoms with van der Waals surface area (Å²) in [4.78, 5) is 29.5. The van der Waals surface area contributed by atoms with Crippen molar-refractivity contribution in [2.75, 3.05) is 13.1 Å². The number of amides is 1. The van der Waals surface area contributed by atoms with E-state index in [0.717, 1.165) is 11.1 Å². The summed E-state index contributed by atoms with van der Waals surface area (Å²) in [5.41, 5.74) is 1.48. The molecule has 2 heterocycles. The molecule has 0 aliphatic carbocycles. The van der Waals surface area contributed by atoms with Crippen LogP contribution in [-0.4, -0.2) is 56.5 Å². The highest BCUT2D eigenvalue weighted by atomic mass is 16.6. The number of ether oxygens (including phenoxy) is 2. The molecule has 0 radical (unpaired) electrons. The van der Waals surface area contributed by atoms with Gasteiger partial charge in [-0.2, -0.15) is 0 Å². The predicted molar refractivity (Wildman–Crippen MR) is 103 cm³/mol. The first-order chi connectivity index (χ1) is 13.2. The minimum Gasteiger partial charge on any atom is -0.455 e. The van der Waals surface area contributed by atoms with Gasteiger partial charge in [0.25, 0.3) is 0 Å². The van der Waals surface area contributed by atoms with Gasteiger partial charge in [0, 0.05) is 17.8 Å². The van der Waals surface area contributed by atoms with E-state index >= 15 is 0 Å². The topological polar surface area (TPSA) is 86.6 Å². The second kappa shape index (κ2) is 7.84. The van der Waals surface area contributed by atoms with E-state index in [4.69, 9.17) is 9.47 Å². The van der Waals surface area contributed by atoms with Crippen molar-refractivity contribution in [3.05, 3.63) is 42.2 Å². The molecule has 1 aromatic carbocycles. The lowest BCUT2D eigenvalue weighted by Gasteiger charge is -2.38. The highest BCUT2D eigenvalue weighted by Gasteiger charge is 2.35. The maximum absolute atomic E-state index is 11.9. The summed E-state index contributed by atoms with van der Waals surface area (Å²) < 4.78 is 12.0. The summed E-state index contributed by atoms with van der Waals surface area (Å²) in [7, 11) is 0. The standard InChI is InChI=1S/C20H24N4O4/c1-14-6-5-7-15(10-14)18-21-13-24(22-18)9-8-17(25)27-16-11-23(12-16)19(26)28-20(2,3)4/h5-10,13,16H,11-12H2,1-4H3/b9-8-. The van der Waals surface area contributed by atoms with Crippen molar-refractivity contribution in [2.45, 2.75) is 39.4 Å². The van der Waals surface area contributed by atoms with Gasteiger partial charge in [0.2, 0.25) is 0 Å². The monoisotopic (exact) mass is 384 g/mol. The second-order valence-electron chi connectivity index (χ2n) is 7.68. The summed E-state index contributed by atoms with van der Waals surface area (Å²) in [5.74, 6) is 0.0788. The molecular weight excluding hydrogens is 360 g/mol. The number of esters is 1. The summed E-state index contributed by atoms with van der Waals surface area (Å²) in [6, 6.07) is 7.86. The van der Waals surface area contributed by atoms with Crippen LogP contribution in [0.5, 0.6) is 0 Å². The van der Waals surface area contributed by atoms with E-state index in [1.54, 1.807) is 0 Å². The van der Waals surface area contributed by atoms with Gasteiger partial charge in [0.1, 0.15) is 18.0 Å². The van der Waals surface area contributed by atoms with Crippen LogP contribution in [0.2, 0.25) is 0 Å². The van der Waals surface area contributed by atoms with Gasteiger partial charge in [-0.1, -0.05) is 23.8 Å². The molecule has 0 unspecified atom stereocenters. The van der Waals surface area contributed by atoms with Gasteiger partial charge in [-0.15, -0.1) is 5.10 Å². The number of hydrogen-bond acceptors (Lipinski definition) is 6. The number of rotatable bonds is 4. The van der Waals surface area contributed by atoms with Gasteiger partial charge in [-0.25, -0.2) is 19.3 Å². The van der Waals surface area contributed by atoms with E-state index in [0.29, 0.717) is 18.9 Å². The Morgan fingerprint density at radius 2 is 2.00 bits per heavy atom. The Bertz CT molecular complexity index is 892. The van der Waals surface area contributed by atoms with Crippen LogP contribution in [0.15, 0.2) is 36.7 Å². The molecule has 1 aliphatic heterocycles. The highest BCUT2D eigenvalue weighted by molar-refractivity contribution is 5.85. The average Bonchev–Trinajstić information content (AvgIpc) is 3.03. The maximum Gasteiger partial charge on any atom is 0.410 e. The zero-order valence-corrected chi connectivity index (χ0v) is 16.5. The van der Waals surface area contributed by atoms with Crippen molar-refractivity contribution >= 4 is 18.3 Å². The molecule has 0 bridgehead atoms. The fourth-order valence-electron chi connectivity index (χ4n) is 2.59. The lowest BCUT2D eigenvalue weighted by molar-refractivity contribution is -0.150. The van der Waals surface area contributed by atoms with Gasteiger partial charge in [0.15, 0.2) is 5.82 Å². The van der Waals surface area contributed by atoms with Crippen LogP contribution >= 0.6 is 0 Å². The van der Waals surface area contributed by atoms with Crippen molar-refractivity contribution in [3.63, 3.8) is 0 Å². The van der Waals surface area contributed by atoms with Crippen LogP contribution in [0, 0.1) is 6.92 Å². The number of nitrogens with zero attached hydrogens (tertiary/aromatic N) is 4. The molecule has 0 saturated carbocycles. The molecule has 1 fully saturated rings. The molecule has 1 saturated heterocycles. The minimum atomic E-state index is -0.545. The number of aromatic nitrogens is 3. The van der Waals surface area contributed by atoms with Gasteiger partial charge in [-0.05, 0) is 33.8 Å². The van der Waals surface area contributed by atoms with Crippen molar-refractivity contribution in [2.24, 2.45) is 0 Å². The number of likely N-dealkylation sites (tertiary alicyclic amines) is 1. The zero-order chi connectivity index (χ0) is 20.3. The van der Waals surface area contributed by atoms with Crippen LogP contribution in [0.25, 0.3) is 17.6 Å². The van der Waals surface area contributed by atoms with Crippen molar-refractivity contribution in [1.82, 2.24) is 19.7 Å².